The summed E-state index contributed by atoms with van der Waals surface area (Å²) in [5, 5.41) is 3.09. The third-order valence-corrected chi connectivity index (χ3v) is 4.40. The summed E-state index contributed by atoms with van der Waals surface area (Å²) < 4.78 is 33.6. The van der Waals surface area contributed by atoms with E-state index in [1.807, 2.05) is 6.92 Å². The molecule has 1 unspecified atom stereocenters. The second kappa shape index (κ2) is 3.71. The fraction of sp³-hybridized carbons (Fsp3) is 0.300. The number of rotatable bonds is 1. The van der Waals surface area contributed by atoms with Crippen LogP contribution in [0, 0.1) is 0 Å². The summed E-state index contributed by atoms with van der Waals surface area (Å²) in [5.74, 6) is 0. The summed E-state index contributed by atoms with van der Waals surface area (Å²) in [5.41, 5.74) is 1.52. The second-order valence-corrected chi connectivity index (χ2v) is 6.42. The van der Waals surface area contributed by atoms with Gasteiger partial charge in [0.1, 0.15) is 0 Å². The molecule has 1 atom stereocenters. The lowest BCUT2D eigenvalue weighted by molar-refractivity contribution is 0.602. The highest BCUT2D eigenvalue weighted by molar-refractivity contribution is 7.90. The van der Waals surface area contributed by atoms with Gasteiger partial charge >= 0.3 is 0 Å². The van der Waals surface area contributed by atoms with Crippen LogP contribution in [0.3, 0.4) is 0 Å². The Kier molecular flexibility index (Phi) is 2.63. The van der Waals surface area contributed by atoms with Gasteiger partial charge in [-0.1, -0.05) is 6.07 Å². The minimum absolute atomic E-state index is 0.0488. The van der Waals surface area contributed by atoms with Crippen LogP contribution in [0.4, 0.5) is 5.69 Å². The summed E-state index contributed by atoms with van der Waals surface area (Å²) in [6.45, 7) is 1.88. The van der Waals surface area contributed by atoms with E-state index in [1.165, 1.54) is 12.3 Å². The molecule has 1 aromatic rings. The molecule has 4 nitrogen and oxygen atoms in total. The highest BCUT2D eigenvalue weighted by Gasteiger charge is 2.25. The van der Waals surface area contributed by atoms with E-state index < -0.39 is 9.84 Å². The van der Waals surface area contributed by atoms with Crippen LogP contribution in [-0.4, -0.2) is 29.8 Å². The topological polar surface area (TPSA) is 63.2 Å². The highest BCUT2D eigenvalue weighted by atomic mass is 32.2. The molecule has 0 radical (unpaired) electrons. The Morgan fingerprint density at radius 1 is 1.38 bits per heavy atom. The third kappa shape index (κ3) is 1.78. The van der Waals surface area contributed by atoms with Gasteiger partial charge in [0, 0.05) is 17.5 Å². The summed E-state index contributed by atoms with van der Waals surface area (Å²) in [4.78, 5) is 0.971. The van der Waals surface area contributed by atoms with Crippen molar-refractivity contribution in [2.24, 2.45) is 0 Å². The molecule has 86 valence electrons. The van der Waals surface area contributed by atoms with E-state index in [0.717, 1.165) is 5.56 Å². The van der Waals surface area contributed by atoms with Crippen LogP contribution >= 0.6 is 0 Å². The van der Waals surface area contributed by atoms with Crippen molar-refractivity contribution in [3.8, 4) is 0 Å². The minimum atomic E-state index is -3.20. The number of hydrogen-bond donors (Lipinski definition) is 1. The molecule has 6 heteroatoms. The quantitative estimate of drug-likeness (QED) is 0.750. The molecule has 0 fully saturated rings. The summed E-state index contributed by atoms with van der Waals surface area (Å²) in [6.07, 6.45) is 1.17. The van der Waals surface area contributed by atoms with Crippen LogP contribution in [0.15, 0.2) is 23.1 Å². The van der Waals surface area contributed by atoms with E-state index in [-0.39, 0.29) is 10.9 Å². The third-order valence-electron chi connectivity index (χ3n) is 2.54. The summed E-state index contributed by atoms with van der Waals surface area (Å²) >= 11 is 0.451. The molecule has 2 rings (SSSR count). The number of sulfone groups is 1. The maximum Gasteiger partial charge on any atom is 0.175 e. The van der Waals surface area contributed by atoms with Gasteiger partial charge in [0.25, 0.3) is 0 Å². The highest BCUT2D eigenvalue weighted by Crippen LogP contribution is 2.28. The molecular weight excluding hydrogens is 246 g/mol. The molecule has 1 N–H and O–H groups in total. The Labute approximate surface area is 97.7 Å². The summed E-state index contributed by atoms with van der Waals surface area (Å²) in [7, 11) is -3.20. The average molecular weight is 257 g/mol. The van der Waals surface area contributed by atoms with Crippen molar-refractivity contribution >= 4 is 31.6 Å². The van der Waals surface area contributed by atoms with Gasteiger partial charge in [-0.05, 0) is 19.1 Å². The predicted molar refractivity (Wildman–Crippen MR) is 64.9 cm³/mol. The summed E-state index contributed by atoms with van der Waals surface area (Å²) in [6, 6.07) is 4.74. The fourth-order valence-electron chi connectivity index (χ4n) is 1.74. The fourth-order valence-corrected chi connectivity index (χ4v) is 2.86. The Balaban J connectivity index is 2.61. The molecule has 1 aromatic carbocycles. The smallest absolute Gasteiger partial charge is 0.175 e. The number of anilines is 1. The van der Waals surface area contributed by atoms with Gasteiger partial charge in [0.2, 0.25) is 0 Å². The van der Waals surface area contributed by atoms with E-state index in [4.69, 9.17) is 0 Å². The molecule has 0 saturated heterocycles. The van der Waals surface area contributed by atoms with Gasteiger partial charge in [-0.2, -0.15) is 0 Å². The molecule has 1 aliphatic rings. The zero-order valence-electron chi connectivity index (χ0n) is 8.85. The Bertz CT molecular complexity index is 600. The molecule has 1 aliphatic heterocycles. The van der Waals surface area contributed by atoms with Gasteiger partial charge in [-0.25, -0.2) is 12.6 Å². The van der Waals surface area contributed by atoms with E-state index in [9.17, 15) is 12.6 Å². The first-order valence-electron chi connectivity index (χ1n) is 4.71. The molecule has 0 spiro atoms. The SMILES string of the molecule is CC1Nc2cc(S(C)(=O)=O)ccc2C1=S=O. The van der Waals surface area contributed by atoms with Gasteiger partial charge < -0.3 is 5.32 Å². The zero-order valence-corrected chi connectivity index (χ0v) is 10.5. The lowest BCUT2D eigenvalue weighted by Gasteiger charge is -2.03. The first kappa shape index (κ1) is 11.3. The van der Waals surface area contributed by atoms with Gasteiger partial charge in [-0.15, -0.1) is 0 Å². The van der Waals surface area contributed by atoms with Crippen LogP contribution in [0.25, 0.3) is 0 Å². The average Bonchev–Trinajstić information content (AvgIpc) is 2.50. The Morgan fingerprint density at radius 2 is 2.06 bits per heavy atom. The van der Waals surface area contributed by atoms with Crippen LogP contribution in [-0.2, 0) is 21.1 Å². The van der Waals surface area contributed by atoms with Crippen molar-refractivity contribution in [1.82, 2.24) is 0 Å². The van der Waals surface area contributed by atoms with Crippen molar-refractivity contribution in [3.63, 3.8) is 0 Å². The van der Waals surface area contributed by atoms with Gasteiger partial charge in [0.15, 0.2) is 9.84 Å². The van der Waals surface area contributed by atoms with Crippen LogP contribution in [0.1, 0.15) is 12.5 Å². The first-order chi connectivity index (χ1) is 7.43. The van der Waals surface area contributed by atoms with Crippen molar-refractivity contribution in [2.75, 3.05) is 11.6 Å². The molecule has 0 aliphatic carbocycles. The minimum Gasteiger partial charge on any atom is -0.377 e. The number of hydrogen-bond acceptors (Lipinski definition) is 4. The zero-order chi connectivity index (χ0) is 11.9. The van der Waals surface area contributed by atoms with Crippen molar-refractivity contribution in [3.05, 3.63) is 23.8 Å². The van der Waals surface area contributed by atoms with E-state index in [1.54, 1.807) is 12.1 Å². The Hall–Kier alpha value is -1.14. The standard InChI is InChI=1S/C10H11NO3S2/c1-6-10(15-12)8-4-3-7(16(2,13)14)5-9(8)11-6/h3-6,11H,1-2H3. The van der Waals surface area contributed by atoms with Crippen LogP contribution < -0.4 is 5.32 Å². The number of fused-ring (bicyclic) bond motifs is 1. The van der Waals surface area contributed by atoms with Crippen LogP contribution in [0.2, 0.25) is 0 Å². The van der Waals surface area contributed by atoms with Crippen molar-refractivity contribution < 1.29 is 12.6 Å². The predicted octanol–water partition coefficient (Wildman–Crippen LogP) is 0.638. The molecule has 16 heavy (non-hydrogen) atoms. The van der Waals surface area contributed by atoms with E-state index >= 15 is 0 Å². The normalized spacial score (nSPS) is 19.1. The van der Waals surface area contributed by atoms with Crippen LogP contribution in [0.5, 0.6) is 0 Å². The maximum atomic E-state index is 11.4. The maximum absolute atomic E-state index is 11.4. The molecule has 0 bridgehead atoms. The monoisotopic (exact) mass is 257 g/mol. The van der Waals surface area contributed by atoms with E-state index in [0.29, 0.717) is 21.8 Å². The Morgan fingerprint density at radius 3 is 2.62 bits per heavy atom. The molecular formula is C10H11NO3S2. The van der Waals surface area contributed by atoms with E-state index in [2.05, 4.69) is 5.32 Å². The lowest BCUT2D eigenvalue weighted by Crippen LogP contribution is -2.17. The molecule has 0 amide bonds. The number of benzene rings is 1. The number of nitrogens with one attached hydrogen (secondary N) is 1. The van der Waals surface area contributed by atoms with Crippen molar-refractivity contribution in [1.29, 1.82) is 0 Å². The second-order valence-electron chi connectivity index (χ2n) is 3.79. The van der Waals surface area contributed by atoms with Crippen molar-refractivity contribution in [2.45, 2.75) is 17.9 Å². The molecule has 0 aromatic heterocycles. The largest absolute Gasteiger partial charge is 0.377 e. The molecule has 1 heterocycles. The van der Waals surface area contributed by atoms with Gasteiger partial charge in [-0.3, -0.25) is 0 Å². The lowest BCUT2D eigenvalue weighted by atomic mass is 10.1. The van der Waals surface area contributed by atoms with Gasteiger partial charge in [0.05, 0.1) is 27.1 Å². The molecule has 0 saturated carbocycles. The first-order valence-corrected chi connectivity index (χ1v) is 7.34.